The number of aromatic nitrogens is 3. The molecule has 0 spiro atoms. The van der Waals surface area contributed by atoms with Crippen molar-refractivity contribution >= 4 is 22.6 Å². The number of rotatable bonds is 5. The van der Waals surface area contributed by atoms with Crippen LogP contribution in [0.2, 0.25) is 0 Å². The smallest absolute Gasteiger partial charge is 0.257 e. The van der Waals surface area contributed by atoms with E-state index in [2.05, 4.69) is 19.7 Å². The average Bonchev–Trinajstić information content (AvgIpc) is 3.20. The number of carbonyl (C=O) groups excluding carboxylic acids is 1. The van der Waals surface area contributed by atoms with Gasteiger partial charge in [-0.05, 0) is 48.5 Å². The molecule has 9 heteroatoms. The molecule has 0 radical (unpaired) electrons. The Kier molecular flexibility index (Phi) is 5.21. The van der Waals surface area contributed by atoms with Gasteiger partial charge in [-0.2, -0.15) is 9.36 Å². The second-order valence-electron chi connectivity index (χ2n) is 5.79. The molecule has 0 aliphatic heterocycles. The van der Waals surface area contributed by atoms with Crippen molar-refractivity contribution in [2.75, 3.05) is 5.32 Å². The second-order valence-corrected chi connectivity index (χ2v) is 6.55. The molecule has 0 bridgehead atoms. The molecule has 4 rings (SSSR count). The minimum Gasteiger partial charge on any atom is -0.454 e. The maximum Gasteiger partial charge on any atom is 0.257 e. The highest BCUT2D eigenvalue weighted by Gasteiger charge is 2.12. The minimum absolute atomic E-state index is 0.112. The van der Waals surface area contributed by atoms with Gasteiger partial charge in [-0.3, -0.25) is 15.1 Å². The lowest BCUT2D eigenvalue weighted by Crippen LogP contribution is -2.11. The Balaban J connectivity index is 1.42. The third kappa shape index (κ3) is 4.41. The lowest BCUT2D eigenvalue weighted by atomic mass is 10.2. The summed E-state index contributed by atoms with van der Waals surface area (Å²) in [4.78, 5) is 20.8. The lowest BCUT2D eigenvalue weighted by molar-refractivity contribution is 0.102. The number of benzene rings is 2. The van der Waals surface area contributed by atoms with E-state index in [0.717, 1.165) is 23.7 Å². The van der Waals surface area contributed by atoms with Gasteiger partial charge in [-0.1, -0.05) is 6.07 Å². The largest absolute Gasteiger partial charge is 0.454 e. The second kappa shape index (κ2) is 8.11. The number of nitrogens with one attached hydrogen (secondary N) is 1. The van der Waals surface area contributed by atoms with E-state index in [9.17, 15) is 13.6 Å². The molecule has 2 aromatic carbocycles. The van der Waals surface area contributed by atoms with E-state index in [1.54, 1.807) is 18.3 Å². The third-order valence-electron chi connectivity index (χ3n) is 3.78. The van der Waals surface area contributed by atoms with Crippen molar-refractivity contribution in [3.8, 4) is 23.0 Å². The molecule has 2 heterocycles. The van der Waals surface area contributed by atoms with Crippen molar-refractivity contribution in [1.29, 1.82) is 0 Å². The van der Waals surface area contributed by atoms with E-state index in [1.165, 1.54) is 30.3 Å². The monoisotopic (exact) mass is 410 g/mol. The molecule has 0 aliphatic rings. The van der Waals surface area contributed by atoms with E-state index in [4.69, 9.17) is 4.74 Å². The summed E-state index contributed by atoms with van der Waals surface area (Å²) in [5.74, 6) is -1.26. The predicted octanol–water partition coefficient (Wildman–Crippen LogP) is 4.92. The van der Waals surface area contributed by atoms with Gasteiger partial charge in [-0.15, -0.1) is 0 Å². The van der Waals surface area contributed by atoms with Crippen LogP contribution in [0.1, 0.15) is 10.4 Å². The van der Waals surface area contributed by atoms with Gasteiger partial charge in [-0.25, -0.2) is 8.78 Å². The van der Waals surface area contributed by atoms with Crippen LogP contribution in [0.4, 0.5) is 13.9 Å². The van der Waals surface area contributed by atoms with Gasteiger partial charge in [0, 0.05) is 29.4 Å². The molecule has 0 unspecified atom stereocenters. The zero-order valence-corrected chi connectivity index (χ0v) is 15.5. The number of hydrogen-bond acceptors (Lipinski definition) is 6. The Morgan fingerprint density at radius 1 is 1.03 bits per heavy atom. The Morgan fingerprint density at radius 2 is 1.86 bits per heavy atom. The number of nitrogens with zero attached hydrogens (tertiary/aromatic N) is 3. The van der Waals surface area contributed by atoms with Crippen molar-refractivity contribution in [1.82, 2.24) is 14.3 Å². The molecule has 4 aromatic rings. The molecule has 0 atom stereocenters. The zero-order chi connectivity index (χ0) is 20.2. The molecule has 1 amide bonds. The predicted molar refractivity (Wildman–Crippen MR) is 104 cm³/mol. The summed E-state index contributed by atoms with van der Waals surface area (Å²) in [6, 6.07) is 14.5. The summed E-state index contributed by atoms with van der Waals surface area (Å²) in [5, 5.41) is 3.01. The highest BCUT2D eigenvalue weighted by Crippen LogP contribution is 2.25. The SMILES string of the molecule is O=C(Nc1nc(-c2ccccn2)ns1)c1ccc(Oc2ccc(F)cc2F)cc1. The van der Waals surface area contributed by atoms with Crippen LogP contribution >= 0.6 is 11.5 Å². The summed E-state index contributed by atoms with van der Waals surface area (Å²) < 4.78 is 36.2. The van der Waals surface area contributed by atoms with Crippen LogP contribution in [0, 0.1) is 11.6 Å². The van der Waals surface area contributed by atoms with Gasteiger partial charge in [0.05, 0.1) is 0 Å². The number of amides is 1. The van der Waals surface area contributed by atoms with Crippen LogP contribution in [-0.4, -0.2) is 20.2 Å². The number of hydrogen-bond donors (Lipinski definition) is 1. The summed E-state index contributed by atoms with van der Waals surface area (Å²) >= 11 is 1.05. The van der Waals surface area contributed by atoms with E-state index in [-0.39, 0.29) is 11.7 Å². The highest BCUT2D eigenvalue weighted by atomic mass is 32.1. The molecule has 29 heavy (non-hydrogen) atoms. The van der Waals surface area contributed by atoms with E-state index >= 15 is 0 Å². The van der Waals surface area contributed by atoms with Gasteiger partial charge in [0.1, 0.15) is 17.3 Å². The lowest BCUT2D eigenvalue weighted by Gasteiger charge is -2.07. The van der Waals surface area contributed by atoms with Crippen LogP contribution in [0.15, 0.2) is 66.9 Å². The van der Waals surface area contributed by atoms with Crippen LogP contribution in [0.25, 0.3) is 11.5 Å². The molecule has 0 saturated carbocycles. The number of anilines is 1. The van der Waals surface area contributed by atoms with Crippen molar-refractivity contribution < 1.29 is 18.3 Å². The Bertz CT molecular complexity index is 1150. The zero-order valence-electron chi connectivity index (χ0n) is 14.7. The molecule has 1 N–H and O–H groups in total. The van der Waals surface area contributed by atoms with Gasteiger partial charge in [0.15, 0.2) is 17.4 Å². The topological polar surface area (TPSA) is 77.0 Å². The molecule has 0 saturated heterocycles. The van der Waals surface area contributed by atoms with Gasteiger partial charge in [0.25, 0.3) is 5.91 Å². The number of halogens is 2. The van der Waals surface area contributed by atoms with Crippen molar-refractivity contribution in [3.05, 3.63) is 84.1 Å². The van der Waals surface area contributed by atoms with Crippen molar-refractivity contribution in [3.63, 3.8) is 0 Å². The average molecular weight is 410 g/mol. The fraction of sp³-hybridized carbons (Fsp3) is 0. The summed E-state index contributed by atoms with van der Waals surface area (Å²) in [5.41, 5.74) is 0.963. The Morgan fingerprint density at radius 3 is 2.59 bits per heavy atom. The Hall–Kier alpha value is -3.72. The molecular weight excluding hydrogens is 398 g/mol. The first kappa shape index (κ1) is 18.6. The summed E-state index contributed by atoms with van der Waals surface area (Å²) in [6.07, 6.45) is 1.63. The fourth-order valence-electron chi connectivity index (χ4n) is 2.40. The fourth-order valence-corrected chi connectivity index (χ4v) is 2.97. The van der Waals surface area contributed by atoms with Gasteiger partial charge in [0.2, 0.25) is 5.13 Å². The first-order valence-corrected chi connectivity index (χ1v) is 9.15. The quantitative estimate of drug-likeness (QED) is 0.505. The molecule has 6 nitrogen and oxygen atoms in total. The first-order valence-electron chi connectivity index (χ1n) is 8.38. The number of pyridine rings is 1. The van der Waals surface area contributed by atoms with Gasteiger partial charge >= 0.3 is 0 Å². The molecule has 2 aromatic heterocycles. The maximum atomic E-state index is 13.7. The van der Waals surface area contributed by atoms with Crippen molar-refractivity contribution in [2.24, 2.45) is 0 Å². The molecular formula is C20H12F2N4O2S. The van der Waals surface area contributed by atoms with Gasteiger partial charge < -0.3 is 4.74 Å². The third-order valence-corrected chi connectivity index (χ3v) is 4.41. The standard InChI is InChI=1S/C20H12F2N4O2S/c21-13-6-9-17(15(22)11-13)28-14-7-4-12(5-8-14)19(27)25-20-24-18(26-29-20)16-3-1-2-10-23-16/h1-11H,(H,24,25,26,27). The molecule has 144 valence electrons. The van der Waals surface area contributed by atoms with Crippen LogP contribution < -0.4 is 10.1 Å². The van der Waals surface area contributed by atoms with E-state index < -0.39 is 11.6 Å². The van der Waals surface area contributed by atoms with Crippen LogP contribution in [0.3, 0.4) is 0 Å². The Labute approximate surface area is 168 Å². The first-order chi connectivity index (χ1) is 14.1. The number of carbonyl (C=O) groups is 1. The normalized spacial score (nSPS) is 10.6. The summed E-state index contributed by atoms with van der Waals surface area (Å²) in [7, 11) is 0. The van der Waals surface area contributed by atoms with E-state index in [0.29, 0.717) is 28.0 Å². The highest BCUT2D eigenvalue weighted by molar-refractivity contribution is 7.10. The van der Waals surface area contributed by atoms with E-state index in [1.807, 2.05) is 6.07 Å². The minimum atomic E-state index is -0.813. The van der Waals surface area contributed by atoms with Crippen molar-refractivity contribution in [2.45, 2.75) is 0 Å². The molecule has 0 fully saturated rings. The molecule has 0 aliphatic carbocycles. The number of ether oxygens (including phenoxy) is 1. The summed E-state index contributed by atoms with van der Waals surface area (Å²) in [6.45, 7) is 0. The van der Waals surface area contributed by atoms with Crippen LogP contribution in [-0.2, 0) is 0 Å². The maximum absolute atomic E-state index is 13.7. The van der Waals surface area contributed by atoms with Crippen LogP contribution in [0.5, 0.6) is 11.5 Å².